The quantitative estimate of drug-likeness (QED) is 0.0321. The number of halogens is 1. The molecule has 6 aromatic rings. The van der Waals surface area contributed by atoms with Gasteiger partial charge in [-0.3, -0.25) is 70.8 Å². The number of nitriles is 7. The second-order valence-electron chi connectivity index (χ2n) is 18.4. The normalized spacial score (nSPS) is 10.7. The number of carbonyl (C=O) groups is 7. The van der Waals surface area contributed by atoms with Crippen LogP contribution in [-0.2, 0) is 40.0 Å². The van der Waals surface area contributed by atoms with Crippen LogP contribution in [-0.4, -0.2) is 54.8 Å². The minimum Gasteiger partial charge on any atom is -0.493 e. The summed E-state index contributed by atoms with van der Waals surface area (Å²) in [7, 11) is 0. The van der Waals surface area contributed by atoms with E-state index in [0.717, 1.165) is 78.9 Å². The molecule has 0 aromatic heterocycles. The number of allylic oxidation sites excluding steroid dienone is 2. The number of hydrogen-bond acceptors (Lipinski definition) is 17. The highest BCUT2D eigenvalue weighted by Crippen LogP contribution is 2.36. The number of rotatable bonds is 13. The fraction of sp³-hybridized carbons (Fsp3) is 0.0986. The van der Waals surface area contributed by atoms with Gasteiger partial charge < -0.3 is 14.2 Å². The van der Waals surface area contributed by atoms with Crippen molar-refractivity contribution in [3.8, 4) is 60.6 Å². The Bertz CT molecular complexity index is 4190. The number of aryl methyl sites for hydroxylation is 2. The topological polar surface area (TPSA) is 398 Å². The minimum atomic E-state index is -0.473. The third-order valence-electron chi connectivity index (χ3n) is 11.5. The van der Waals surface area contributed by atoms with Crippen LogP contribution in [0.4, 0.5) is 0 Å². The molecule has 25 heteroatoms. The van der Waals surface area contributed by atoms with E-state index in [1.807, 2.05) is 179 Å². The Morgan fingerprint density at radius 2 is 0.885 bits per heavy atom. The van der Waals surface area contributed by atoms with Crippen LogP contribution < -0.4 is 51.4 Å². The maximum atomic E-state index is 11.0. The molecule has 0 bridgehead atoms. The monoisotopic (exact) mass is 1350 g/mol. The molecule has 2 heterocycles. The Hall–Kier alpha value is -13.9. The molecule has 482 valence electrons. The van der Waals surface area contributed by atoms with Crippen molar-refractivity contribution in [2.24, 2.45) is 0 Å². The third-order valence-corrected chi connectivity index (χ3v) is 12.0. The van der Waals surface area contributed by atoms with Crippen LogP contribution in [0, 0.1) is 94.0 Å². The first kappa shape index (κ1) is 78.2. The highest BCUT2D eigenvalue weighted by Gasteiger charge is 2.16. The molecule has 0 saturated carbocycles. The standard InChI is InChI=1S/C12H10N2O2.C11H8N2O3.3C11H10N2O.C10H7BrN2O.C5H6N2O/c13-8-14-12(15)4-2-9-1-3-11-10(7-9)5-6-16-11;12-6-13-10(14)5-4-8-2-1-3-9-11(8)16-7-15-9;1-9-3-2-4-10(7-9)5-6-11(14)13-8-12;1-9-4-2-3-5-10(9)6-7-11(14)13-8-12;1-9(7-11(14)13-8-12)10-5-3-2-4-6-10;11-9-4-1-8(2-5-9)3-6-10(14)13-7-12;1-2-3-5(8)7-4-6/h1-4,7H,5-6H2,(H,14,15);1-5H,7H2,(H,13,14);3*2-7H,1H3,(H,13,14);1-6H,(H,13,14);2-3H,1H3,(H,7,8)/b4-2-;5-4-;6-5-;7-6-;9-7-;6-3-;3-2-. The zero-order valence-electron chi connectivity index (χ0n) is 52.0. The van der Waals surface area contributed by atoms with E-state index in [-0.39, 0.29) is 12.7 Å². The molecular formula is C71H61BrN14O10. The molecule has 0 spiro atoms. The van der Waals surface area contributed by atoms with E-state index in [4.69, 9.17) is 51.0 Å². The number of para-hydroxylation sites is 1. The van der Waals surface area contributed by atoms with E-state index in [2.05, 4.69) is 15.9 Å². The van der Waals surface area contributed by atoms with Gasteiger partial charge in [-0.25, -0.2) is 0 Å². The second-order valence-corrected chi connectivity index (χ2v) is 19.4. The van der Waals surface area contributed by atoms with Gasteiger partial charge in [-0.1, -0.05) is 137 Å². The van der Waals surface area contributed by atoms with Gasteiger partial charge in [0.25, 0.3) is 41.4 Å². The molecule has 0 unspecified atom stereocenters. The van der Waals surface area contributed by atoms with Crippen LogP contribution >= 0.6 is 15.9 Å². The summed E-state index contributed by atoms with van der Waals surface area (Å²) < 4.78 is 16.8. The molecule has 0 aliphatic carbocycles. The van der Waals surface area contributed by atoms with Crippen molar-refractivity contribution in [3.05, 3.63) is 243 Å². The maximum absolute atomic E-state index is 11.0. The molecule has 6 aromatic carbocycles. The number of benzene rings is 6. The van der Waals surface area contributed by atoms with Crippen LogP contribution in [0.3, 0.4) is 0 Å². The number of ether oxygens (including phenoxy) is 3. The Balaban J connectivity index is 0.000000384. The van der Waals surface area contributed by atoms with E-state index in [9.17, 15) is 33.6 Å². The van der Waals surface area contributed by atoms with E-state index in [0.29, 0.717) is 11.5 Å². The predicted molar refractivity (Wildman–Crippen MR) is 361 cm³/mol. The summed E-state index contributed by atoms with van der Waals surface area (Å²) in [6, 6.07) is 43.6. The van der Waals surface area contributed by atoms with Crippen molar-refractivity contribution >= 4 is 93.2 Å². The van der Waals surface area contributed by atoms with Gasteiger partial charge in [0.05, 0.1) is 6.61 Å². The summed E-state index contributed by atoms with van der Waals surface area (Å²) in [6.07, 6.45) is 30.8. The van der Waals surface area contributed by atoms with Crippen molar-refractivity contribution in [2.75, 3.05) is 13.4 Å². The van der Waals surface area contributed by atoms with Gasteiger partial charge in [-0.05, 0) is 139 Å². The Morgan fingerprint density at radius 1 is 0.438 bits per heavy atom. The van der Waals surface area contributed by atoms with Crippen LogP contribution in [0.2, 0.25) is 0 Å². The van der Waals surface area contributed by atoms with Crippen LogP contribution in [0.5, 0.6) is 17.2 Å². The fourth-order valence-electron chi connectivity index (χ4n) is 7.17. The molecule has 7 amide bonds. The summed E-state index contributed by atoms with van der Waals surface area (Å²) in [6.45, 7) is 8.37. The van der Waals surface area contributed by atoms with Gasteiger partial charge in [0.1, 0.15) is 5.75 Å². The van der Waals surface area contributed by atoms with Gasteiger partial charge in [0.15, 0.2) is 54.9 Å². The minimum absolute atomic E-state index is 0.185. The molecular weight excluding hydrogens is 1290 g/mol. The number of amides is 7. The molecule has 8 rings (SSSR count). The molecule has 2 aliphatic rings. The number of carbonyl (C=O) groups excluding carboxylic acids is 7. The third kappa shape index (κ3) is 34.2. The van der Waals surface area contributed by atoms with Crippen LogP contribution in [0.25, 0.3) is 36.0 Å². The first-order valence-electron chi connectivity index (χ1n) is 28.0. The first-order chi connectivity index (χ1) is 46.3. The molecule has 96 heavy (non-hydrogen) atoms. The number of fused-ring (bicyclic) bond motifs is 2. The lowest BCUT2D eigenvalue weighted by atomic mass is 10.1. The molecule has 2 aliphatic heterocycles. The van der Waals surface area contributed by atoms with Gasteiger partial charge in [-0.2, -0.15) is 36.8 Å². The number of nitrogens with one attached hydrogen (secondary N) is 7. The van der Waals surface area contributed by atoms with Crippen molar-refractivity contribution in [2.45, 2.75) is 34.1 Å². The summed E-state index contributed by atoms with van der Waals surface area (Å²) in [5, 5.41) is 71.0. The van der Waals surface area contributed by atoms with Gasteiger partial charge >= 0.3 is 0 Å². The lowest BCUT2D eigenvalue weighted by molar-refractivity contribution is -0.116. The maximum Gasteiger partial charge on any atom is 0.257 e. The molecule has 7 N–H and O–H groups in total. The van der Waals surface area contributed by atoms with E-state index in [1.165, 1.54) is 48.7 Å². The smallest absolute Gasteiger partial charge is 0.257 e. The van der Waals surface area contributed by atoms with Gasteiger partial charge in [-0.15, -0.1) is 0 Å². The summed E-state index contributed by atoms with van der Waals surface area (Å²) >= 11 is 3.30. The predicted octanol–water partition coefficient (Wildman–Crippen LogP) is 9.38. The summed E-state index contributed by atoms with van der Waals surface area (Å²) in [5.74, 6) is -0.715. The highest BCUT2D eigenvalue weighted by atomic mass is 79.9. The molecule has 24 nitrogen and oxygen atoms in total. The summed E-state index contributed by atoms with van der Waals surface area (Å²) in [4.78, 5) is 75.9. The van der Waals surface area contributed by atoms with Crippen molar-refractivity contribution in [1.82, 2.24) is 37.2 Å². The molecule has 0 fully saturated rings. The van der Waals surface area contributed by atoms with E-state index in [1.54, 1.807) is 98.7 Å². The second kappa shape index (κ2) is 47.1. The zero-order valence-corrected chi connectivity index (χ0v) is 53.6. The molecule has 0 atom stereocenters. The van der Waals surface area contributed by atoms with E-state index >= 15 is 0 Å². The Morgan fingerprint density at radius 3 is 1.41 bits per heavy atom. The number of hydrogen-bond donors (Lipinski definition) is 7. The molecule has 0 radical (unpaired) electrons. The Labute approximate surface area is 563 Å². The lowest BCUT2D eigenvalue weighted by Gasteiger charge is -1.99. The zero-order chi connectivity index (χ0) is 70.7. The average molecular weight is 1350 g/mol. The van der Waals surface area contributed by atoms with Crippen LogP contribution in [0.1, 0.15) is 63.9 Å². The fourth-order valence-corrected chi connectivity index (χ4v) is 7.43. The largest absolute Gasteiger partial charge is 0.493 e. The van der Waals surface area contributed by atoms with Crippen LogP contribution in [0.15, 0.2) is 193 Å². The average Bonchev–Trinajstić information content (AvgIpc) is 1.71. The molecule has 0 saturated heterocycles. The van der Waals surface area contributed by atoms with Crippen molar-refractivity contribution in [3.63, 3.8) is 0 Å². The Kier molecular flexibility index (Phi) is 38.4. The van der Waals surface area contributed by atoms with Gasteiger partial charge in [0, 0.05) is 52.9 Å². The van der Waals surface area contributed by atoms with Crippen molar-refractivity contribution in [1.29, 1.82) is 36.8 Å². The lowest BCUT2D eigenvalue weighted by Crippen LogP contribution is -2.14. The summed E-state index contributed by atoms with van der Waals surface area (Å²) in [5.41, 5.74) is 9.67. The first-order valence-corrected chi connectivity index (χ1v) is 28.8. The van der Waals surface area contributed by atoms with Crippen molar-refractivity contribution < 1.29 is 47.8 Å². The van der Waals surface area contributed by atoms with E-state index < -0.39 is 35.4 Å². The number of nitrogens with zero attached hydrogens (tertiary/aromatic N) is 7. The SMILES string of the molecule is C/C(=C/C(=O)NC#N)c1ccccc1.C/C=C\C(=O)NC#N.Cc1cccc(/C=C\C(=O)NC#N)c1.Cc1ccccc1/C=C\C(=O)NC#N.N#CNC(=O)/C=C\c1ccc(Br)cc1.N#CNC(=O)/C=C\c1ccc2c(c1)CCO2.N#CNC(=O)/C=C\c1cccc2c1OCO2. The van der Waals surface area contributed by atoms with Gasteiger partial charge in [0.2, 0.25) is 6.79 Å². The highest BCUT2D eigenvalue weighted by molar-refractivity contribution is 9.10.